The highest BCUT2D eigenvalue weighted by Gasteiger charge is 2.26. The molecule has 0 atom stereocenters. The number of aryl methyl sites for hydroxylation is 1. The van der Waals surface area contributed by atoms with E-state index in [1.165, 1.54) is 25.2 Å². The molecule has 4 rings (SSSR count). The van der Waals surface area contributed by atoms with Crippen LogP contribution in [0.25, 0.3) is 10.8 Å². The summed E-state index contributed by atoms with van der Waals surface area (Å²) in [6, 6.07) is 13.2. The molecular formula is C21H18FN5O2. The lowest BCUT2D eigenvalue weighted by atomic mass is 10.1. The van der Waals surface area contributed by atoms with Crippen LogP contribution in [0.3, 0.4) is 0 Å². The van der Waals surface area contributed by atoms with Gasteiger partial charge in [0.1, 0.15) is 5.82 Å². The number of aromatic nitrogens is 2. The number of nitrogens with zero attached hydrogens (tertiary/aromatic N) is 5. The van der Waals surface area contributed by atoms with E-state index in [9.17, 15) is 14.0 Å². The van der Waals surface area contributed by atoms with Crippen molar-refractivity contribution in [2.75, 3.05) is 31.1 Å². The van der Waals surface area contributed by atoms with Gasteiger partial charge in [0, 0.05) is 44.3 Å². The molecule has 0 aliphatic carbocycles. The molecule has 7 nitrogen and oxygen atoms in total. The number of rotatable bonds is 2. The fraction of sp³-hybridized carbons (Fsp3) is 0.238. The van der Waals surface area contributed by atoms with E-state index in [1.54, 1.807) is 11.0 Å². The highest BCUT2D eigenvalue weighted by atomic mass is 19.1. The van der Waals surface area contributed by atoms with Gasteiger partial charge in [0.25, 0.3) is 11.5 Å². The summed E-state index contributed by atoms with van der Waals surface area (Å²) in [7, 11) is 1.47. The zero-order valence-corrected chi connectivity index (χ0v) is 15.8. The molecule has 0 bridgehead atoms. The van der Waals surface area contributed by atoms with Crippen molar-refractivity contribution in [3.63, 3.8) is 0 Å². The number of piperazine rings is 1. The first kappa shape index (κ1) is 18.6. The van der Waals surface area contributed by atoms with Crippen LogP contribution >= 0.6 is 0 Å². The van der Waals surface area contributed by atoms with Crippen molar-refractivity contribution < 1.29 is 9.18 Å². The number of carbonyl (C=O) groups is 1. The van der Waals surface area contributed by atoms with Gasteiger partial charge in [-0.2, -0.15) is 10.4 Å². The number of fused-ring (bicyclic) bond motifs is 1. The molecule has 0 unspecified atom stereocenters. The highest BCUT2D eigenvalue weighted by molar-refractivity contribution is 6.04. The number of halogens is 1. The zero-order valence-electron chi connectivity index (χ0n) is 15.8. The maximum Gasteiger partial charge on any atom is 0.275 e. The van der Waals surface area contributed by atoms with Gasteiger partial charge in [0.15, 0.2) is 5.69 Å². The first-order chi connectivity index (χ1) is 14.0. The quantitative estimate of drug-likeness (QED) is 0.667. The fourth-order valence-corrected chi connectivity index (χ4v) is 3.57. The van der Waals surface area contributed by atoms with Gasteiger partial charge < -0.3 is 9.80 Å². The lowest BCUT2D eigenvalue weighted by molar-refractivity contribution is 0.0740. The van der Waals surface area contributed by atoms with Crippen molar-refractivity contribution in [3.05, 3.63) is 69.9 Å². The molecule has 3 aromatic rings. The van der Waals surface area contributed by atoms with Crippen molar-refractivity contribution in [1.29, 1.82) is 5.26 Å². The van der Waals surface area contributed by atoms with Crippen LogP contribution in [0.15, 0.2) is 47.3 Å². The smallest absolute Gasteiger partial charge is 0.275 e. The average Bonchev–Trinajstić information content (AvgIpc) is 2.76. The Kier molecular flexibility index (Phi) is 4.72. The van der Waals surface area contributed by atoms with Crippen molar-refractivity contribution in [2.24, 2.45) is 7.05 Å². The van der Waals surface area contributed by atoms with E-state index in [0.29, 0.717) is 31.7 Å². The van der Waals surface area contributed by atoms with E-state index < -0.39 is 5.82 Å². The third-order valence-electron chi connectivity index (χ3n) is 5.12. The summed E-state index contributed by atoms with van der Waals surface area (Å²) in [6.07, 6.45) is 0. The monoisotopic (exact) mass is 391 g/mol. The van der Waals surface area contributed by atoms with Gasteiger partial charge in [-0.1, -0.05) is 6.07 Å². The number of anilines is 1. The molecule has 146 valence electrons. The minimum Gasteiger partial charge on any atom is -0.368 e. The Labute approximate surface area is 166 Å². The Hall–Kier alpha value is -3.73. The van der Waals surface area contributed by atoms with E-state index in [2.05, 4.69) is 16.1 Å². The Morgan fingerprint density at radius 1 is 1.10 bits per heavy atom. The average molecular weight is 391 g/mol. The van der Waals surface area contributed by atoms with E-state index in [-0.39, 0.29) is 27.9 Å². The van der Waals surface area contributed by atoms with Gasteiger partial charge in [-0.25, -0.2) is 9.07 Å². The number of benzene rings is 2. The molecule has 29 heavy (non-hydrogen) atoms. The van der Waals surface area contributed by atoms with Gasteiger partial charge in [-0.15, -0.1) is 0 Å². The lowest BCUT2D eigenvalue weighted by Gasteiger charge is -2.36. The van der Waals surface area contributed by atoms with Crippen LogP contribution in [0.2, 0.25) is 0 Å². The number of hydrogen-bond donors (Lipinski definition) is 0. The Morgan fingerprint density at radius 2 is 1.86 bits per heavy atom. The van der Waals surface area contributed by atoms with Crippen LogP contribution < -0.4 is 10.5 Å². The van der Waals surface area contributed by atoms with Crippen molar-refractivity contribution in [3.8, 4) is 6.07 Å². The maximum atomic E-state index is 13.8. The largest absolute Gasteiger partial charge is 0.368 e. The van der Waals surface area contributed by atoms with Crippen LogP contribution in [0.5, 0.6) is 0 Å². The minimum absolute atomic E-state index is 0.0709. The molecule has 1 saturated heterocycles. The molecule has 0 saturated carbocycles. The molecule has 1 aromatic heterocycles. The molecule has 1 aliphatic heterocycles. The normalized spacial score (nSPS) is 14.1. The van der Waals surface area contributed by atoms with Crippen molar-refractivity contribution >= 4 is 22.4 Å². The molecule has 1 amide bonds. The second-order valence-corrected chi connectivity index (χ2v) is 6.91. The molecule has 0 N–H and O–H groups in total. The maximum absolute atomic E-state index is 13.8. The van der Waals surface area contributed by atoms with Crippen molar-refractivity contribution in [2.45, 2.75) is 0 Å². The summed E-state index contributed by atoms with van der Waals surface area (Å²) < 4.78 is 14.9. The summed E-state index contributed by atoms with van der Waals surface area (Å²) in [5.41, 5.74) is 1.22. The zero-order chi connectivity index (χ0) is 20.5. The van der Waals surface area contributed by atoms with Gasteiger partial charge in [-0.3, -0.25) is 9.59 Å². The molecule has 1 aliphatic rings. The van der Waals surface area contributed by atoms with Crippen LogP contribution in [0, 0.1) is 17.1 Å². The van der Waals surface area contributed by atoms with E-state index in [1.807, 2.05) is 18.2 Å². The molecule has 0 radical (unpaired) electrons. The van der Waals surface area contributed by atoms with Crippen molar-refractivity contribution in [1.82, 2.24) is 14.7 Å². The highest BCUT2D eigenvalue weighted by Crippen LogP contribution is 2.21. The second kappa shape index (κ2) is 7.36. The first-order valence-corrected chi connectivity index (χ1v) is 9.19. The van der Waals surface area contributed by atoms with Crippen LogP contribution in [0.1, 0.15) is 16.1 Å². The number of carbonyl (C=O) groups excluding carboxylic acids is 1. The van der Waals surface area contributed by atoms with Gasteiger partial charge in [-0.05, 0) is 36.4 Å². The standard InChI is InChI=1S/C21H18FN5O2/c1-25-20(28)17-6-5-15(22)12-18(17)19(24-25)21(29)27-9-7-26(8-10-27)16-4-2-3-14(11-16)13-23/h2-6,11-12H,7-10H2,1H3. The van der Waals surface area contributed by atoms with Crippen LogP contribution in [-0.2, 0) is 7.05 Å². The number of hydrogen-bond acceptors (Lipinski definition) is 5. The van der Waals surface area contributed by atoms with E-state index in [0.717, 1.165) is 10.4 Å². The topological polar surface area (TPSA) is 82.2 Å². The summed E-state index contributed by atoms with van der Waals surface area (Å²) >= 11 is 0. The molecular weight excluding hydrogens is 373 g/mol. The van der Waals surface area contributed by atoms with Crippen LogP contribution in [-0.4, -0.2) is 46.8 Å². The van der Waals surface area contributed by atoms with Gasteiger partial charge in [0.2, 0.25) is 0 Å². The molecule has 2 heterocycles. The number of nitriles is 1. The summed E-state index contributed by atoms with van der Waals surface area (Å²) in [6.45, 7) is 2.10. The van der Waals surface area contributed by atoms with E-state index in [4.69, 9.17) is 5.26 Å². The third kappa shape index (κ3) is 3.43. The Bertz CT molecular complexity index is 1210. The number of amides is 1. The summed E-state index contributed by atoms with van der Waals surface area (Å²) in [5.74, 6) is -0.856. The molecule has 0 spiro atoms. The molecule has 2 aromatic carbocycles. The second-order valence-electron chi connectivity index (χ2n) is 6.91. The molecule has 8 heteroatoms. The predicted molar refractivity (Wildman–Crippen MR) is 106 cm³/mol. The SMILES string of the molecule is Cn1nc(C(=O)N2CCN(c3cccc(C#N)c3)CC2)c2cc(F)ccc2c1=O. The third-order valence-corrected chi connectivity index (χ3v) is 5.12. The first-order valence-electron chi connectivity index (χ1n) is 9.19. The lowest BCUT2D eigenvalue weighted by Crippen LogP contribution is -2.49. The Morgan fingerprint density at radius 3 is 2.59 bits per heavy atom. The van der Waals surface area contributed by atoms with Gasteiger partial charge >= 0.3 is 0 Å². The fourth-order valence-electron chi connectivity index (χ4n) is 3.57. The summed E-state index contributed by atoms with van der Waals surface area (Å²) in [5, 5.41) is 13.7. The Balaban J connectivity index is 1.59. The predicted octanol–water partition coefficient (Wildman–Crippen LogP) is 1.91. The summed E-state index contributed by atoms with van der Waals surface area (Å²) in [4.78, 5) is 29.1. The van der Waals surface area contributed by atoms with E-state index >= 15 is 0 Å². The van der Waals surface area contributed by atoms with Gasteiger partial charge in [0.05, 0.1) is 17.0 Å². The van der Waals surface area contributed by atoms with Crippen LogP contribution in [0.4, 0.5) is 10.1 Å². The minimum atomic E-state index is -0.524. The molecule has 1 fully saturated rings.